The van der Waals surface area contributed by atoms with Gasteiger partial charge >= 0.3 is 0 Å². The summed E-state index contributed by atoms with van der Waals surface area (Å²) in [5.74, 6) is 1.01. The summed E-state index contributed by atoms with van der Waals surface area (Å²) in [7, 11) is 0. The topological polar surface area (TPSA) is 55.1 Å². The number of primary amides is 1. The van der Waals surface area contributed by atoms with Gasteiger partial charge in [0.25, 0.3) is 0 Å². The second-order valence-electron chi connectivity index (χ2n) is 3.59. The predicted molar refractivity (Wildman–Crippen MR) is 48.6 cm³/mol. The molecule has 1 rings (SSSR count). The molecule has 0 bridgehead atoms. The molecule has 0 radical (unpaired) electrons. The fourth-order valence-electron chi connectivity index (χ4n) is 1.98. The van der Waals surface area contributed by atoms with Crippen molar-refractivity contribution < 1.29 is 4.79 Å². The third-order valence-electron chi connectivity index (χ3n) is 2.75. The van der Waals surface area contributed by atoms with Crippen LogP contribution in [0, 0.1) is 11.8 Å². The molecule has 0 aromatic rings. The Labute approximate surface area is 73.7 Å². The van der Waals surface area contributed by atoms with Crippen LogP contribution in [-0.2, 0) is 4.79 Å². The van der Waals surface area contributed by atoms with E-state index in [1.165, 1.54) is 0 Å². The summed E-state index contributed by atoms with van der Waals surface area (Å²) in [5.41, 5.74) is 5.18. The minimum absolute atomic E-state index is 0.152. The van der Waals surface area contributed by atoms with Crippen LogP contribution in [-0.4, -0.2) is 19.0 Å². The maximum Gasteiger partial charge on any atom is 0.217 e. The van der Waals surface area contributed by atoms with Crippen molar-refractivity contribution in [2.75, 3.05) is 13.1 Å². The van der Waals surface area contributed by atoms with Crippen molar-refractivity contribution in [2.45, 2.75) is 26.2 Å². The minimum Gasteiger partial charge on any atom is -0.370 e. The molecule has 0 spiro atoms. The van der Waals surface area contributed by atoms with Gasteiger partial charge < -0.3 is 11.1 Å². The van der Waals surface area contributed by atoms with E-state index in [-0.39, 0.29) is 5.91 Å². The Kier molecular flexibility index (Phi) is 3.53. The number of piperidine rings is 1. The lowest BCUT2D eigenvalue weighted by atomic mass is 9.82. The van der Waals surface area contributed by atoms with Crippen molar-refractivity contribution in [3.05, 3.63) is 0 Å². The second kappa shape index (κ2) is 4.45. The molecule has 2 atom stereocenters. The highest BCUT2D eigenvalue weighted by molar-refractivity contribution is 5.74. The molecule has 1 heterocycles. The van der Waals surface area contributed by atoms with Gasteiger partial charge in [0.15, 0.2) is 0 Å². The molecule has 1 saturated heterocycles. The van der Waals surface area contributed by atoms with E-state index in [1.54, 1.807) is 0 Å². The van der Waals surface area contributed by atoms with Gasteiger partial charge in [-0.3, -0.25) is 4.79 Å². The molecule has 0 saturated carbocycles. The summed E-state index contributed by atoms with van der Waals surface area (Å²) in [6.07, 6.45) is 2.81. The Morgan fingerprint density at radius 1 is 1.58 bits per heavy atom. The van der Waals surface area contributed by atoms with Crippen molar-refractivity contribution >= 4 is 5.91 Å². The van der Waals surface area contributed by atoms with Crippen LogP contribution >= 0.6 is 0 Å². The van der Waals surface area contributed by atoms with E-state index in [2.05, 4.69) is 12.2 Å². The van der Waals surface area contributed by atoms with Gasteiger partial charge in [-0.05, 0) is 31.3 Å². The summed E-state index contributed by atoms with van der Waals surface area (Å²) in [5, 5.41) is 3.34. The van der Waals surface area contributed by atoms with Crippen LogP contribution in [0.4, 0.5) is 0 Å². The van der Waals surface area contributed by atoms with Gasteiger partial charge in [0.2, 0.25) is 5.91 Å². The van der Waals surface area contributed by atoms with Crippen LogP contribution in [0.15, 0.2) is 0 Å². The maximum atomic E-state index is 10.7. The molecule has 1 fully saturated rings. The zero-order valence-corrected chi connectivity index (χ0v) is 7.68. The van der Waals surface area contributed by atoms with Crippen LogP contribution in [0.3, 0.4) is 0 Å². The van der Waals surface area contributed by atoms with Gasteiger partial charge in [0.1, 0.15) is 0 Å². The Morgan fingerprint density at radius 2 is 2.33 bits per heavy atom. The molecular formula is C9H18N2O. The standard InChI is InChI=1S/C9H18N2O/c1-2-7-6-11-4-3-8(7)5-9(10)12/h7-8,11H,2-6H2,1H3,(H2,10,12)/t7-,8-/m0/s1. The molecule has 1 aliphatic rings. The van der Waals surface area contributed by atoms with E-state index in [9.17, 15) is 4.79 Å². The lowest BCUT2D eigenvalue weighted by Gasteiger charge is -2.30. The molecule has 3 nitrogen and oxygen atoms in total. The van der Waals surface area contributed by atoms with E-state index in [0.717, 1.165) is 25.9 Å². The van der Waals surface area contributed by atoms with Crippen molar-refractivity contribution in [1.82, 2.24) is 5.32 Å². The van der Waals surface area contributed by atoms with E-state index in [4.69, 9.17) is 5.73 Å². The molecule has 70 valence electrons. The van der Waals surface area contributed by atoms with E-state index >= 15 is 0 Å². The Hall–Kier alpha value is -0.570. The minimum atomic E-state index is -0.152. The number of hydrogen-bond acceptors (Lipinski definition) is 2. The highest BCUT2D eigenvalue weighted by Crippen LogP contribution is 2.24. The van der Waals surface area contributed by atoms with Gasteiger partial charge in [-0.25, -0.2) is 0 Å². The number of hydrogen-bond donors (Lipinski definition) is 2. The normalized spacial score (nSPS) is 30.1. The number of rotatable bonds is 3. The first-order valence-electron chi connectivity index (χ1n) is 4.73. The smallest absolute Gasteiger partial charge is 0.217 e. The summed E-state index contributed by atoms with van der Waals surface area (Å²) in [4.78, 5) is 10.7. The fourth-order valence-corrected chi connectivity index (χ4v) is 1.98. The molecule has 3 heteroatoms. The lowest BCUT2D eigenvalue weighted by molar-refractivity contribution is -0.119. The molecule has 0 aromatic carbocycles. The first-order chi connectivity index (χ1) is 5.74. The largest absolute Gasteiger partial charge is 0.370 e. The first-order valence-corrected chi connectivity index (χ1v) is 4.73. The number of nitrogens with one attached hydrogen (secondary N) is 1. The Morgan fingerprint density at radius 3 is 2.92 bits per heavy atom. The van der Waals surface area contributed by atoms with Gasteiger partial charge in [-0.1, -0.05) is 13.3 Å². The average Bonchev–Trinajstić information content (AvgIpc) is 2.04. The molecule has 0 aliphatic carbocycles. The number of carbonyl (C=O) groups is 1. The monoisotopic (exact) mass is 170 g/mol. The van der Waals surface area contributed by atoms with Crippen LogP contribution in [0.5, 0.6) is 0 Å². The number of carbonyl (C=O) groups excluding carboxylic acids is 1. The second-order valence-corrected chi connectivity index (χ2v) is 3.59. The zero-order chi connectivity index (χ0) is 8.97. The molecular weight excluding hydrogens is 152 g/mol. The van der Waals surface area contributed by atoms with Crippen molar-refractivity contribution in [3.8, 4) is 0 Å². The average molecular weight is 170 g/mol. The fraction of sp³-hybridized carbons (Fsp3) is 0.889. The summed E-state index contributed by atoms with van der Waals surface area (Å²) < 4.78 is 0. The quantitative estimate of drug-likeness (QED) is 0.648. The summed E-state index contributed by atoms with van der Waals surface area (Å²) >= 11 is 0. The predicted octanol–water partition coefficient (Wildman–Crippen LogP) is 0.497. The van der Waals surface area contributed by atoms with Gasteiger partial charge in [-0.2, -0.15) is 0 Å². The highest BCUT2D eigenvalue weighted by atomic mass is 16.1. The van der Waals surface area contributed by atoms with Crippen LogP contribution in [0.2, 0.25) is 0 Å². The molecule has 0 aromatic heterocycles. The summed E-state index contributed by atoms with van der Waals surface area (Å²) in [6, 6.07) is 0. The third kappa shape index (κ3) is 2.48. The lowest BCUT2D eigenvalue weighted by Crippen LogP contribution is -2.38. The van der Waals surface area contributed by atoms with Gasteiger partial charge in [-0.15, -0.1) is 0 Å². The maximum absolute atomic E-state index is 10.7. The SMILES string of the molecule is CC[C@H]1CNCC[C@H]1CC(N)=O. The molecule has 3 N–H and O–H groups in total. The number of amides is 1. The molecule has 1 aliphatic heterocycles. The van der Waals surface area contributed by atoms with E-state index in [1.807, 2.05) is 0 Å². The molecule has 0 unspecified atom stereocenters. The molecule has 12 heavy (non-hydrogen) atoms. The van der Waals surface area contributed by atoms with Crippen LogP contribution < -0.4 is 11.1 Å². The van der Waals surface area contributed by atoms with Gasteiger partial charge in [0, 0.05) is 6.42 Å². The first kappa shape index (κ1) is 9.52. The zero-order valence-electron chi connectivity index (χ0n) is 7.68. The van der Waals surface area contributed by atoms with E-state index in [0.29, 0.717) is 18.3 Å². The van der Waals surface area contributed by atoms with Crippen LogP contribution in [0.25, 0.3) is 0 Å². The Balaban J connectivity index is 2.41. The van der Waals surface area contributed by atoms with Crippen molar-refractivity contribution in [1.29, 1.82) is 0 Å². The van der Waals surface area contributed by atoms with Crippen molar-refractivity contribution in [2.24, 2.45) is 17.6 Å². The van der Waals surface area contributed by atoms with Gasteiger partial charge in [0.05, 0.1) is 0 Å². The summed E-state index contributed by atoms with van der Waals surface area (Å²) in [6.45, 7) is 4.26. The van der Waals surface area contributed by atoms with Crippen molar-refractivity contribution in [3.63, 3.8) is 0 Å². The number of nitrogens with two attached hydrogens (primary N) is 1. The third-order valence-corrected chi connectivity index (χ3v) is 2.75. The molecule has 1 amide bonds. The Bertz CT molecular complexity index is 159. The van der Waals surface area contributed by atoms with Crippen LogP contribution in [0.1, 0.15) is 26.2 Å². The highest BCUT2D eigenvalue weighted by Gasteiger charge is 2.24. The van der Waals surface area contributed by atoms with E-state index < -0.39 is 0 Å².